The predicted octanol–water partition coefficient (Wildman–Crippen LogP) is 1.12. The van der Waals surface area contributed by atoms with Gasteiger partial charge in [0.2, 0.25) is 0 Å². The van der Waals surface area contributed by atoms with Gasteiger partial charge in [-0.1, -0.05) is 13.3 Å². The Morgan fingerprint density at radius 1 is 1.21 bits per heavy atom. The molecule has 2 N–H and O–H groups in total. The normalized spacial score (nSPS) is 29.7. The van der Waals surface area contributed by atoms with E-state index in [2.05, 4.69) is 17.0 Å². The Morgan fingerprint density at radius 3 is 2.47 bits per heavy atom. The van der Waals surface area contributed by atoms with Crippen molar-refractivity contribution in [3.05, 3.63) is 0 Å². The van der Waals surface area contributed by atoms with Crippen LogP contribution in [0.5, 0.6) is 0 Å². The van der Waals surface area contributed by atoms with Gasteiger partial charge in [0.25, 0.3) is 10.2 Å². The Kier molecular flexibility index (Phi) is 6.53. The lowest BCUT2D eigenvalue weighted by Crippen LogP contribution is -2.50. The van der Waals surface area contributed by atoms with Crippen LogP contribution in [0.15, 0.2) is 0 Å². The summed E-state index contributed by atoms with van der Waals surface area (Å²) in [6, 6.07) is 0. The third-order valence-electron chi connectivity index (χ3n) is 4.02. The van der Waals surface area contributed by atoms with E-state index in [1.807, 2.05) is 0 Å². The van der Waals surface area contributed by atoms with Crippen LogP contribution in [0.2, 0.25) is 0 Å². The Hall–Kier alpha value is 0.120. The molecule has 0 aromatic carbocycles. The zero-order valence-electron chi connectivity index (χ0n) is 11.7. The molecule has 1 atom stereocenters. The largest absolute Gasteiger partial charge is 0.316 e. The molecule has 2 rings (SSSR count). The third kappa shape index (κ3) is 4.86. The maximum Gasteiger partial charge on any atom is 0.279 e. The summed E-state index contributed by atoms with van der Waals surface area (Å²) in [4.78, 5) is 0. The van der Waals surface area contributed by atoms with E-state index in [0.717, 1.165) is 45.2 Å². The standard InChI is InChI=1S/C12H25N3O2S.ClH/c1-12(6-5-7-13-10-12)11-14-18(16,17)15-8-3-2-4-9-15;/h13-14H,2-11H2,1H3;1H. The van der Waals surface area contributed by atoms with Crippen LogP contribution in [0.1, 0.15) is 39.0 Å². The number of hydrogen-bond donors (Lipinski definition) is 2. The Bertz CT molecular complexity index is 363. The fourth-order valence-electron chi connectivity index (χ4n) is 2.73. The highest BCUT2D eigenvalue weighted by Crippen LogP contribution is 2.24. The van der Waals surface area contributed by atoms with Crippen molar-refractivity contribution in [2.75, 3.05) is 32.7 Å². The van der Waals surface area contributed by atoms with E-state index >= 15 is 0 Å². The fraction of sp³-hybridized carbons (Fsp3) is 1.00. The minimum atomic E-state index is -3.27. The van der Waals surface area contributed by atoms with Crippen molar-refractivity contribution in [3.8, 4) is 0 Å². The number of nitrogens with zero attached hydrogens (tertiary/aromatic N) is 1. The van der Waals surface area contributed by atoms with Crippen molar-refractivity contribution in [1.82, 2.24) is 14.3 Å². The Morgan fingerprint density at radius 2 is 1.89 bits per heavy atom. The van der Waals surface area contributed by atoms with Gasteiger partial charge in [-0.2, -0.15) is 12.7 Å². The average molecular weight is 312 g/mol. The van der Waals surface area contributed by atoms with Gasteiger partial charge in [-0.3, -0.25) is 0 Å². The molecule has 0 radical (unpaired) electrons. The first-order valence-corrected chi connectivity index (χ1v) is 8.41. The highest BCUT2D eigenvalue weighted by Gasteiger charge is 2.30. The van der Waals surface area contributed by atoms with Gasteiger partial charge < -0.3 is 5.32 Å². The molecule has 1 unspecified atom stereocenters. The molecule has 114 valence electrons. The molecule has 7 heteroatoms. The zero-order chi connectivity index (χ0) is 13.1. The van der Waals surface area contributed by atoms with Crippen LogP contribution in [0.3, 0.4) is 0 Å². The first-order valence-electron chi connectivity index (χ1n) is 6.97. The Labute approximate surface area is 123 Å². The minimum absolute atomic E-state index is 0. The number of rotatable bonds is 4. The molecule has 0 spiro atoms. The number of hydrogen-bond acceptors (Lipinski definition) is 3. The maximum atomic E-state index is 12.2. The van der Waals surface area contributed by atoms with E-state index in [-0.39, 0.29) is 17.8 Å². The van der Waals surface area contributed by atoms with Crippen LogP contribution in [0.25, 0.3) is 0 Å². The van der Waals surface area contributed by atoms with Gasteiger partial charge in [-0.25, -0.2) is 4.72 Å². The molecule has 0 bridgehead atoms. The second-order valence-corrected chi connectivity index (χ2v) is 7.63. The quantitative estimate of drug-likeness (QED) is 0.818. The van der Waals surface area contributed by atoms with Crippen molar-refractivity contribution >= 4 is 22.6 Å². The summed E-state index contributed by atoms with van der Waals surface area (Å²) in [7, 11) is -3.27. The van der Waals surface area contributed by atoms with Crippen LogP contribution < -0.4 is 10.0 Å². The van der Waals surface area contributed by atoms with Gasteiger partial charge in [0, 0.05) is 26.2 Å². The van der Waals surface area contributed by atoms with Crippen LogP contribution in [-0.2, 0) is 10.2 Å². The van der Waals surface area contributed by atoms with Crippen LogP contribution in [0, 0.1) is 5.41 Å². The molecule has 2 heterocycles. The number of halogens is 1. The van der Waals surface area contributed by atoms with E-state index in [1.54, 1.807) is 4.31 Å². The predicted molar refractivity (Wildman–Crippen MR) is 79.8 cm³/mol. The van der Waals surface area contributed by atoms with Gasteiger partial charge in [-0.15, -0.1) is 12.4 Å². The van der Waals surface area contributed by atoms with E-state index in [4.69, 9.17) is 0 Å². The molecule has 5 nitrogen and oxygen atoms in total. The SMILES string of the molecule is CC1(CNS(=O)(=O)N2CCCCC2)CCCNC1.Cl. The second kappa shape index (κ2) is 7.22. The third-order valence-corrected chi connectivity index (χ3v) is 5.58. The van der Waals surface area contributed by atoms with E-state index in [1.165, 1.54) is 0 Å². The van der Waals surface area contributed by atoms with E-state index in [9.17, 15) is 8.42 Å². The summed E-state index contributed by atoms with van der Waals surface area (Å²) in [5, 5.41) is 3.34. The minimum Gasteiger partial charge on any atom is -0.316 e. The lowest BCUT2D eigenvalue weighted by atomic mass is 9.83. The molecule has 0 saturated carbocycles. The van der Waals surface area contributed by atoms with E-state index in [0.29, 0.717) is 19.6 Å². The molecule has 2 aliphatic heterocycles. The molecular formula is C12H26ClN3O2S. The number of nitrogens with one attached hydrogen (secondary N) is 2. The monoisotopic (exact) mass is 311 g/mol. The van der Waals surface area contributed by atoms with Crippen LogP contribution in [-0.4, -0.2) is 45.4 Å². The molecule has 0 amide bonds. The lowest BCUT2D eigenvalue weighted by molar-refractivity contribution is 0.235. The highest BCUT2D eigenvalue weighted by atomic mass is 35.5. The molecule has 2 saturated heterocycles. The van der Waals surface area contributed by atoms with Crippen molar-refractivity contribution in [1.29, 1.82) is 0 Å². The van der Waals surface area contributed by atoms with Crippen molar-refractivity contribution in [2.45, 2.75) is 39.0 Å². The number of piperidine rings is 2. The molecular weight excluding hydrogens is 286 g/mol. The summed E-state index contributed by atoms with van der Waals surface area (Å²) in [5.74, 6) is 0. The smallest absolute Gasteiger partial charge is 0.279 e. The molecule has 0 aromatic heterocycles. The maximum absolute atomic E-state index is 12.2. The Balaban J connectivity index is 0.00000180. The van der Waals surface area contributed by atoms with Gasteiger partial charge in [0.15, 0.2) is 0 Å². The fourth-order valence-corrected chi connectivity index (χ4v) is 4.18. The molecule has 19 heavy (non-hydrogen) atoms. The van der Waals surface area contributed by atoms with Crippen LogP contribution in [0.4, 0.5) is 0 Å². The zero-order valence-corrected chi connectivity index (χ0v) is 13.3. The van der Waals surface area contributed by atoms with Crippen molar-refractivity contribution < 1.29 is 8.42 Å². The van der Waals surface area contributed by atoms with Crippen molar-refractivity contribution in [3.63, 3.8) is 0 Å². The average Bonchev–Trinajstić information content (AvgIpc) is 2.39. The van der Waals surface area contributed by atoms with Crippen molar-refractivity contribution in [2.24, 2.45) is 5.41 Å². The summed E-state index contributed by atoms with van der Waals surface area (Å²) in [6.45, 7) is 5.98. The van der Waals surface area contributed by atoms with Gasteiger partial charge in [0.1, 0.15) is 0 Å². The molecule has 2 aliphatic rings. The first kappa shape index (κ1) is 17.2. The second-order valence-electron chi connectivity index (χ2n) is 5.88. The molecule has 0 aliphatic carbocycles. The van der Waals surface area contributed by atoms with Gasteiger partial charge in [-0.05, 0) is 37.6 Å². The molecule has 2 fully saturated rings. The van der Waals surface area contributed by atoms with Gasteiger partial charge in [0.05, 0.1) is 0 Å². The summed E-state index contributed by atoms with van der Waals surface area (Å²) in [6.07, 6.45) is 5.33. The lowest BCUT2D eigenvalue weighted by Gasteiger charge is -2.35. The van der Waals surface area contributed by atoms with Crippen LogP contribution >= 0.6 is 12.4 Å². The first-order chi connectivity index (χ1) is 8.52. The molecule has 0 aromatic rings. The van der Waals surface area contributed by atoms with E-state index < -0.39 is 10.2 Å². The summed E-state index contributed by atoms with van der Waals surface area (Å²) >= 11 is 0. The summed E-state index contributed by atoms with van der Waals surface area (Å²) in [5.41, 5.74) is 0.0567. The topological polar surface area (TPSA) is 61.4 Å². The summed E-state index contributed by atoms with van der Waals surface area (Å²) < 4.78 is 28.7. The highest BCUT2D eigenvalue weighted by molar-refractivity contribution is 7.87. The van der Waals surface area contributed by atoms with Gasteiger partial charge >= 0.3 is 0 Å².